The van der Waals surface area contributed by atoms with Crippen LogP contribution in [0.2, 0.25) is 0 Å². The van der Waals surface area contributed by atoms with Crippen molar-refractivity contribution in [3.05, 3.63) is 45.4 Å². The van der Waals surface area contributed by atoms with E-state index in [0.717, 1.165) is 34.0 Å². The van der Waals surface area contributed by atoms with Gasteiger partial charge in [-0.25, -0.2) is 0 Å². The summed E-state index contributed by atoms with van der Waals surface area (Å²) in [6.07, 6.45) is 1.84. The number of hydrogen-bond donors (Lipinski definition) is 1. The van der Waals surface area contributed by atoms with Crippen molar-refractivity contribution in [1.29, 1.82) is 0 Å². The van der Waals surface area contributed by atoms with E-state index >= 15 is 0 Å². The lowest BCUT2D eigenvalue weighted by Gasteiger charge is -2.34. The lowest BCUT2D eigenvalue weighted by molar-refractivity contribution is -0.129. The minimum Gasteiger partial charge on any atom is -0.496 e. The molecule has 3 heterocycles. The highest BCUT2D eigenvalue weighted by Gasteiger charge is 2.32. The van der Waals surface area contributed by atoms with E-state index in [9.17, 15) is 4.79 Å². The molecule has 0 saturated carbocycles. The molecular formula is C17H21N3O2S. The normalized spacial score (nSPS) is 18.7. The Morgan fingerprint density at radius 1 is 1.48 bits per heavy atom. The first-order valence-corrected chi connectivity index (χ1v) is 8.54. The number of aryl methyl sites for hydroxylation is 1. The maximum absolute atomic E-state index is 12.4. The Balaban J connectivity index is 1.90. The first-order valence-electron chi connectivity index (χ1n) is 7.66. The molecule has 1 aliphatic rings. The SMILES string of the molecule is COc1c(C)cnc(CN2CCNC(=O)C2c2cccs2)c1C. The number of rotatable bonds is 4. The number of methoxy groups -OCH3 is 1. The quantitative estimate of drug-likeness (QED) is 0.935. The fraction of sp³-hybridized carbons (Fsp3) is 0.412. The fourth-order valence-electron chi connectivity index (χ4n) is 3.06. The molecule has 1 saturated heterocycles. The maximum atomic E-state index is 12.4. The summed E-state index contributed by atoms with van der Waals surface area (Å²) in [5.74, 6) is 0.944. The van der Waals surface area contributed by atoms with E-state index in [4.69, 9.17) is 4.74 Å². The number of carbonyl (C=O) groups excluding carboxylic acids is 1. The summed E-state index contributed by atoms with van der Waals surface area (Å²) in [7, 11) is 1.68. The summed E-state index contributed by atoms with van der Waals surface area (Å²) in [5, 5.41) is 4.97. The molecule has 5 nitrogen and oxygen atoms in total. The number of piperazine rings is 1. The molecule has 23 heavy (non-hydrogen) atoms. The number of carbonyl (C=O) groups is 1. The fourth-order valence-corrected chi connectivity index (χ4v) is 3.92. The molecule has 1 fully saturated rings. The van der Waals surface area contributed by atoms with Crippen LogP contribution in [0.4, 0.5) is 0 Å². The second-order valence-electron chi connectivity index (χ2n) is 5.73. The molecule has 122 valence electrons. The average Bonchev–Trinajstić information content (AvgIpc) is 3.05. The molecular weight excluding hydrogens is 310 g/mol. The van der Waals surface area contributed by atoms with Crippen LogP contribution in [0.3, 0.4) is 0 Å². The Labute approximate surface area is 140 Å². The standard InChI is InChI=1S/C17H21N3O2S/c1-11-9-19-13(12(2)16(11)22-3)10-20-7-6-18-17(21)15(20)14-5-4-8-23-14/h4-5,8-9,15H,6-7,10H2,1-3H3,(H,18,21). The molecule has 2 aromatic rings. The van der Waals surface area contributed by atoms with Gasteiger partial charge in [0, 0.05) is 41.8 Å². The summed E-state index contributed by atoms with van der Waals surface area (Å²) >= 11 is 1.61. The highest BCUT2D eigenvalue weighted by Crippen LogP contribution is 2.30. The van der Waals surface area contributed by atoms with Gasteiger partial charge in [-0.05, 0) is 25.3 Å². The second kappa shape index (κ2) is 6.68. The number of amides is 1. The summed E-state index contributed by atoms with van der Waals surface area (Å²) in [4.78, 5) is 20.2. The minimum absolute atomic E-state index is 0.0652. The second-order valence-corrected chi connectivity index (χ2v) is 6.70. The Bertz CT molecular complexity index is 700. The number of thiophene rings is 1. The third kappa shape index (κ3) is 3.09. The lowest BCUT2D eigenvalue weighted by Crippen LogP contribution is -2.49. The molecule has 1 unspecified atom stereocenters. The molecule has 0 spiro atoms. The Kier molecular flexibility index (Phi) is 4.63. The van der Waals surface area contributed by atoms with E-state index < -0.39 is 0 Å². The van der Waals surface area contributed by atoms with Crippen molar-refractivity contribution >= 4 is 17.2 Å². The smallest absolute Gasteiger partial charge is 0.242 e. The van der Waals surface area contributed by atoms with Crippen molar-refractivity contribution < 1.29 is 9.53 Å². The summed E-state index contributed by atoms with van der Waals surface area (Å²) < 4.78 is 5.49. The van der Waals surface area contributed by atoms with Gasteiger partial charge in [-0.15, -0.1) is 11.3 Å². The van der Waals surface area contributed by atoms with Crippen molar-refractivity contribution in [2.75, 3.05) is 20.2 Å². The zero-order valence-electron chi connectivity index (χ0n) is 13.6. The Morgan fingerprint density at radius 2 is 2.30 bits per heavy atom. The monoisotopic (exact) mass is 331 g/mol. The van der Waals surface area contributed by atoms with Crippen LogP contribution in [-0.2, 0) is 11.3 Å². The van der Waals surface area contributed by atoms with Crippen LogP contribution in [0, 0.1) is 13.8 Å². The number of pyridine rings is 1. The van der Waals surface area contributed by atoms with Gasteiger partial charge in [0.05, 0.1) is 12.8 Å². The summed E-state index contributed by atoms with van der Waals surface area (Å²) in [5.41, 5.74) is 3.03. The molecule has 0 aromatic carbocycles. The van der Waals surface area contributed by atoms with E-state index in [1.807, 2.05) is 37.6 Å². The number of hydrogen-bond acceptors (Lipinski definition) is 5. The molecule has 0 radical (unpaired) electrons. The molecule has 1 aliphatic heterocycles. The topological polar surface area (TPSA) is 54.5 Å². The van der Waals surface area contributed by atoms with Crippen LogP contribution in [-0.4, -0.2) is 36.0 Å². The molecule has 6 heteroatoms. The Hall–Kier alpha value is -1.92. The summed E-state index contributed by atoms with van der Waals surface area (Å²) in [6, 6.07) is 3.76. The first-order chi connectivity index (χ1) is 11.1. The van der Waals surface area contributed by atoms with Crippen LogP contribution in [0.5, 0.6) is 5.75 Å². The zero-order valence-corrected chi connectivity index (χ0v) is 14.4. The van der Waals surface area contributed by atoms with Gasteiger partial charge in [0.1, 0.15) is 11.8 Å². The van der Waals surface area contributed by atoms with Gasteiger partial charge in [0.15, 0.2) is 0 Å². The molecule has 0 aliphatic carbocycles. The van der Waals surface area contributed by atoms with E-state index in [-0.39, 0.29) is 11.9 Å². The zero-order chi connectivity index (χ0) is 16.4. The van der Waals surface area contributed by atoms with Crippen molar-refractivity contribution in [2.24, 2.45) is 0 Å². The van der Waals surface area contributed by atoms with Gasteiger partial charge in [-0.3, -0.25) is 14.7 Å². The first kappa shape index (κ1) is 16.0. The predicted molar refractivity (Wildman–Crippen MR) is 90.7 cm³/mol. The molecule has 2 aromatic heterocycles. The van der Waals surface area contributed by atoms with Crippen LogP contribution in [0.25, 0.3) is 0 Å². The van der Waals surface area contributed by atoms with E-state index in [1.165, 1.54) is 0 Å². The van der Waals surface area contributed by atoms with E-state index in [0.29, 0.717) is 13.1 Å². The van der Waals surface area contributed by atoms with Crippen LogP contribution in [0.15, 0.2) is 23.7 Å². The molecule has 1 atom stereocenters. The van der Waals surface area contributed by atoms with Gasteiger partial charge in [0.2, 0.25) is 5.91 Å². The number of nitrogens with zero attached hydrogens (tertiary/aromatic N) is 2. The number of aromatic nitrogens is 1. The Morgan fingerprint density at radius 3 is 3.00 bits per heavy atom. The summed E-state index contributed by atoms with van der Waals surface area (Å²) in [6.45, 7) is 6.14. The van der Waals surface area contributed by atoms with E-state index in [1.54, 1.807) is 18.4 Å². The average molecular weight is 331 g/mol. The molecule has 0 bridgehead atoms. The minimum atomic E-state index is -0.239. The molecule has 1 amide bonds. The molecule has 1 N–H and O–H groups in total. The van der Waals surface area contributed by atoms with E-state index in [2.05, 4.69) is 15.2 Å². The van der Waals surface area contributed by atoms with Crippen molar-refractivity contribution in [3.63, 3.8) is 0 Å². The maximum Gasteiger partial charge on any atom is 0.242 e. The van der Waals surface area contributed by atoms with Gasteiger partial charge >= 0.3 is 0 Å². The number of ether oxygens (including phenoxy) is 1. The number of nitrogens with one attached hydrogen (secondary N) is 1. The highest BCUT2D eigenvalue weighted by atomic mass is 32.1. The van der Waals surface area contributed by atoms with Gasteiger partial charge in [-0.2, -0.15) is 0 Å². The van der Waals surface area contributed by atoms with Gasteiger partial charge in [-0.1, -0.05) is 6.07 Å². The lowest BCUT2D eigenvalue weighted by atomic mass is 10.1. The molecule has 3 rings (SSSR count). The van der Waals surface area contributed by atoms with Crippen molar-refractivity contribution in [1.82, 2.24) is 15.2 Å². The van der Waals surface area contributed by atoms with Gasteiger partial charge < -0.3 is 10.1 Å². The van der Waals surface area contributed by atoms with Crippen molar-refractivity contribution in [3.8, 4) is 5.75 Å². The van der Waals surface area contributed by atoms with Crippen LogP contribution >= 0.6 is 11.3 Å². The highest BCUT2D eigenvalue weighted by molar-refractivity contribution is 7.10. The third-order valence-corrected chi connectivity index (χ3v) is 5.15. The largest absolute Gasteiger partial charge is 0.496 e. The van der Waals surface area contributed by atoms with Crippen molar-refractivity contribution in [2.45, 2.75) is 26.4 Å². The third-order valence-electron chi connectivity index (χ3n) is 4.23. The van der Waals surface area contributed by atoms with Gasteiger partial charge in [0.25, 0.3) is 0 Å². The van der Waals surface area contributed by atoms with Crippen LogP contribution < -0.4 is 10.1 Å². The van der Waals surface area contributed by atoms with Crippen LogP contribution in [0.1, 0.15) is 27.7 Å². The predicted octanol–water partition coefficient (Wildman–Crippen LogP) is 2.44.